The molecule has 0 bridgehead atoms. The number of nitrogens with one attached hydrogen (secondary N) is 1. The fourth-order valence-corrected chi connectivity index (χ4v) is 2.09. The predicted octanol–water partition coefficient (Wildman–Crippen LogP) is 2.73. The van der Waals surface area contributed by atoms with E-state index in [1.165, 1.54) is 36.1 Å². The van der Waals surface area contributed by atoms with Gasteiger partial charge in [0.05, 0.1) is 0 Å². The molecule has 2 rings (SSSR count). The summed E-state index contributed by atoms with van der Waals surface area (Å²) in [5.74, 6) is 0. The number of hydrogen-bond donors (Lipinski definition) is 1. The van der Waals surface area contributed by atoms with Crippen LogP contribution in [0.4, 0.5) is 0 Å². The van der Waals surface area contributed by atoms with Crippen LogP contribution in [0.2, 0.25) is 0 Å². The minimum Gasteiger partial charge on any atom is -0.310 e. The van der Waals surface area contributed by atoms with Crippen molar-refractivity contribution in [2.24, 2.45) is 0 Å². The minimum atomic E-state index is 0.611. The molecule has 0 amide bonds. The molecule has 70 valence electrons. The first-order valence-corrected chi connectivity index (χ1v) is 5.08. The van der Waals surface area contributed by atoms with Crippen LogP contribution in [-0.2, 0) is 0 Å². The van der Waals surface area contributed by atoms with Gasteiger partial charge in [-0.3, -0.25) is 0 Å². The van der Waals surface area contributed by atoms with E-state index in [9.17, 15) is 0 Å². The standard InChI is InChI=1S/C12H17N/c1-9-5-6-10(2)11(8-9)12-4-3-7-13-12/h5-6,8,12-13H,3-4,7H2,1-2H3. The lowest BCUT2D eigenvalue weighted by Crippen LogP contribution is -2.14. The quantitative estimate of drug-likeness (QED) is 0.692. The maximum absolute atomic E-state index is 3.54. The summed E-state index contributed by atoms with van der Waals surface area (Å²) in [6, 6.07) is 7.34. The summed E-state index contributed by atoms with van der Waals surface area (Å²) in [4.78, 5) is 0. The molecule has 1 saturated heterocycles. The van der Waals surface area contributed by atoms with Crippen LogP contribution < -0.4 is 5.32 Å². The molecule has 13 heavy (non-hydrogen) atoms. The molecule has 1 atom stereocenters. The Hall–Kier alpha value is -0.820. The first-order chi connectivity index (χ1) is 6.27. The summed E-state index contributed by atoms with van der Waals surface area (Å²) < 4.78 is 0. The monoisotopic (exact) mass is 175 g/mol. The zero-order valence-corrected chi connectivity index (χ0v) is 8.43. The van der Waals surface area contributed by atoms with Crippen molar-refractivity contribution in [3.63, 3.8) is 0 Å². The third-order valence-electron chi connectivity index (χ3n) is 2.87. The van der Waals surface area contributed by atoms with E-state index in [1.807, 2.05) is 0 Å². The van der Waals surface area contributed by atoms with E-state index < -0.39 is 0 Å². The Morgan fingerprint density at radius 2 is 2.15 bits per heavy atom. The molecule has 1 aromatic rings. The highest BCUT2D eigenvalue weighted by molar-refractivity contribution is 5.33. The topological polar surface area (TPSA) is 12.0 Å². The summed E-state index contributed by atoms with van der Waals surface area (Å²) in [7, 11) is 0. The number of aryl methyl sites for hydroxylation is 2. The molecule has 1 N–H and O–H groups in total. The molecule has 1 heteroatoms. The molecule has 1 aliphatic heterocycles. The van der Waals surface area contributed by atoms with E-state index >= 15 is 0 Å². The van der Waals surface area contributed by atoms with Crippen LogP contribution in [0.3, 0.4) is 0 Å². The molecule has 1 aromatic carbocycles. The molecule has 0 aliphatic carbocycles. The third kappa shape index (κ3) is 1.75. The van der Waals surface area contributed by atoms with Crippen molar-refractivity contribution in [1.82, 2.24) is 5.32 Å². The van der Waals surface area contributed by atoms with Gasteiger partial charge in [-0.1, -0.05) is 23.8 Å². The first kappa shape index (κ1) is 8.76. The Morgan fingerprint density at radius 1 is 1.31 bits per heavy atom. The smallest absolute Gasteiger partial charge is 0.0323 e. The van der Waals surface area contributed by atoms with Crippen LogP contribution in [0.5, 0.6) is 0 Å². The van der Waals surface area contributed by atoms with Crippen molar-refractivity contribution in [3.05, 3.63) is 34.9 Å². The van der Waals surface area contributed by atoms with Crippen molar-refractivity contribution < 1.29 is 0 Å². The Balaban J connectivity index is 2.32. The van der Waals surface area contributed by atoms with Crippen LogP contribution in [0.1, 0.15) is 35.6 Å². The number of hydrogen-bond acceptors (Lipinski definition) is 1. The first-order valence-electron chi connectivity index (χ1n) is 5.08. The van der Waals surface area contributed by atoms with Crippen LogP contribution >= 0.6 is 0 Å². The van der Waals surface area contributed by atoms with Gasteiger partial charge in [-0.25, -0.2) is 0 Å². The van der Waals surface area contributed by atoms with Crippen molar-refractivity contribution in [3.8, 4) is 0 Å². The van der Waals surface area contributed by atoms with Gasteiger partial charge in [0.25, 0.3) is 0 Å². The van der Waals surface area contributed by atoms with E-state index in [1.54, 1.807) is 0 Å². The molecule has 1 unspecified atom stereocenters. The summed E-state index contributed by atoms with van der Waals surface area (Å²) in [5, 5.41) is 3.54. The third-order valence-corrected chi connectivity index (χ3v) is 2.87. The molecular weight excluding hydrogens is 158 g/mol. The average Bonchev–Trinajstić information content (AvgIpc) is 2.61. The average molecular weight is 175 g/mol. The highest BCUT2D eigenvalue weighted by atomic mass is 14.9. The second kappa shape index (κ2) is 3.51. The fraction of sp³-hybridized carbons (Fsp3) is 0.500. The van der Waals surface area contributed by atoms with Crippen molar-refractivity contribution in [1.29, 1.82) is 0 Å². The Kier molecular flexibility index (Phi) is 2.36. The van der Waals surface area contributed by atoms with Gasteiger partial charge in [0.15, 0.2) is 0 Å². The molecule has 0 aromatic heterocycles. The fourth-order valence-electron chi connectivity index (χ4n) is 2.09. The van der Waals surface area contributed by atoms with Gasteiger partial charge in [0.1, 0.15) is 0 Å². The maximum atomic E-state index is 3.54. The molecule has 1 aliphatic rings. The predicted molar refractivity (Wildman–Crippen MR) is 55.9 cm³/mol. The van der Waals surface area contributed by atoms with E-state index in [0.29, 0.717) is 6.04 Å². The molecule has 0 radical (unpaired) electrons. The zero-order chi connectivity index (χ0) is 9.26. The molecule has 1 heterocycles. The summed E-state index contributed by atoms with van der Waals surface area (Å²) in [6.45, 7) is 5.55. The molecule has 0 spiro atoms. The van der Waals surface area contributed by atoms with Gasteiger partial charge in [-0.05, 0) is 44.4 Å². The second-order valence-electron chi connectivity index (χ2n) is 4.01. The molecule has 0 saturated carbocycles. The largest absolute Gasteiger partial charge is 0.310 e. The van der Waals surface area contributed by atoms with Gasteiger partial charge < -0.3 is 5.32 Å². The SMILES string of the molecule is Cc1ccc(C)c(C2CCCN2)c1. The van der Waals surface area contributed by atoms with Gasteiger partial charge in [-0.2, -0.15) is 0 Å². The van der Waals surface area contributed by atoms with Crippen molar-refractivity contribution >= 4 is 0 Å². The molecule has 1 fully saturated rings. The summed E-state index contributed by atoms with van der Waals surface area (Å²) >= 11 is 0. The lowest BCUT2D eigenvalue weighted by atomic mass is 9.98. The summed E-state index contributed by atoms with van der Waals surface area (Å²) in [6.07, 6.45) is 2.61. The van der Waals surface area contributed by atoms with Gasteiger partial charge in [0.2, 0.25) is 0 Å². The zero-order valence-electron chi connectivity index (χ0n) is 8.43. The number of rotatable bonds is 1. The lowest BCUT2D eigenvalue weighted by Gasteiger charge is -2.14. The van der Waals surface area contributed by atoms with E-state index in [2.05, 4.69) is 37.4 Å². The molecule has 1 nitrogen and oxygen atoms in total. The number of benzene rings is 1. The van der Waals surface area contributed by atoms with E-state index in [0.717, 1.165) is 0 Å². The normalized spacial score (nSPS) is 22.2. The molecular formula is C12H17N. The van der Waals surface area contributed by atoms with Gasteiger partial charge in [0, 0.05) is 6.04 Å². The van der Waals surface area contributed by atoms with Crippen molar-refractivity contribution in [2.75, 3.05) is 6.54 Å². The van der Waals surface area contributed by atoms with E-state index in [-0.39, 0.29) is 0 Å². The van der Waals surface area contributed by atoms with Gasteiger partial charge in [-0.15, -0.1) is 0 Å². The van der Waals surface area contributed by atoms with Crippen molar-refractivity contribution in [2.45, 2.75) is 32.7 Å². The maximum Gasteiger partial charge on any atom is 0.0323 e. The second-order valence-corrected chi connectivity index (χ2v) is 4.01. The van der Waals surface area contributed by atoms with E-state index in [4.69, 9.17) is 0 Å². The highest BCUT2D eigenvalue weighted by Gasteiger charge is 2.17. The minimum absolute atomic E-state index is 0.611. The van der Waals surface area contributed by atoms with Crippen LogP contribution in [-0.4, -0.2) is 6.54 Å². The van der Waals surface area contributed by atoms with Crippen LogP contribution in [0, 0.1) is 13.8 Å². The van der Waals surface area contributed by atoms with Gasteiger partial charge >= 0.3 is 0 Å². The Bertz CT molecular complexity index is 298. The highest BCUT2D eigenvalue weighted by Crippen LogP contribution is 2.26. The summed E-state index contributed by atoms with van der Waals surface area (Å²) in [5.41, 5.74) is 4.29. The Morgan fingerprint density at radius 3 is 2.85 bits per heavy atom. The lowest BCUT2D eigenvalue weighted by molar-refractivity contribution is 0.643. The van der Waals surface area contributed by atoms with Crippen LogP contribution in [0.25, 0.3) is 0 Å². The Labute approximate surface area is 80.2 Å². The van der Waals surface area contributed by atoms with Crippen LogP contribution in [0.15, 0.2) is 18.2 Å².